The summed E-state index contributed by atoms with van der Waals surface area (Å²) in [5.74, 6) is 1.26. The molecule has 3 heterocycles. The first-order valence-electron chi connectivity index (χ1n) is 9.72. The van der Waals surface area contributed by atoms with Crippen LogP contribution in [0.5, 0.6) is 5.75 Å². The number of imidazole rings is 1. The minimum absolute atomic E-state index is 0.0864. The number of H-pyrrole nitrogens is 1. The van der Waals surface area contributed by atoms with Gasteiger partial charge in [0, 0.05) is 30.9 Å². The van der Waals surface area contributed by atoms with Gasteiger partial charge in [-0.2, -0.15) is 5.10 Å². The highest BCUT2D eigenvalue weighted by Crippen LogP contribution is 2.21. The normalized spacial score (nSPS) is 11.0. The zero-order chi connectivity index (χ0) is 20.9. The molecule has 0 spiro atoms. The molecule has 0 aliphatic heterocycles. The van der Waals surface area contributed by atoms with Gasteiger partial charge in [0.1, 0.15) is 17.9 Å². The predicted octanol–water partition coefficient (Wildman–Crippen LogP) is 3.01. The fraction of sp³-hybridized carbons (Fsp3) is 0.238. The first-order valence-corrected chi connectivity index (χ1v) is 10.1. The van der Waals surface area contributed by atoms with Crippen molar-refractivity contribution in [3.8, 4) is 17.1 Å². The summed E-state index contributed by atoms with van der Waals surface area (Å²) in [7, 11) is 0. The van der Waals surface area contributed by atoms with Gasteiger partial charge in [0.15, 0.2) is 10.6 Å². The molecule has 0 bridgehead atoms. The van der Waals surface area contributed by atoms with E-state index in [2.05, 4.69) is 20.5 Å². The molecule has 1 aromatic carbocycles. The smallest absolute Gasteiger partial charge is 0.240 e. The number of nitrogens with one attached hydrogen (secondary N) is 2. The molecule has 0 aliphatic rings. The maximum Gasteiger partial charge on any atom is 0.240 e. The number of hydrogen-bond donors (Lipinski definition) is 2. The Morgan fingerprint density at radius 2 is 2.07 bits per heavy atom. The minimum atomic E-state index is -0.136. The zero-order valence-electron chi connectivity index (χ0n) is 16.5. The Kier molecular flexibility index (Phi) is 5.89. The zero-order valence-corrected chi connectivity index (χ0v) is 17.4. The number of carbonyl (C=O) groups is 1. The average molecular weight is 423 g/mol. The van der Waals surface area contributed by atoms with Gasteiger partial charge in [-0.15, -0.1) is 0 Å². The van der Waals surface area contributed by atoms with Gasteiger partial charge >= 0.3 is 0 Å². The van der Waals surface area contributed by atoms with E-state index in [4.69, 9.17) is 17.0 Å². The third-order valence-electron chi connectivity index (χ3n) is 4.60. The van der Waals surface area contributed by atoms with Crippen molar-refractivity contribution in [3.05, 3.63) is 65.3 Å². The Morgan fingerprint density at radius 1 is 1.23 bits per heavy atom. The summed E-state index contributed by atoms with van der Waals surface area (Å²) in [4.78, 5) is 17.0. The van der Waals surface area contributed by atoms with Gasteiger partial charge in [0.25, 0.3) is 0 Å². The second kappa shape index (κ2) is 8.91. The number of amides is 1. The molecule has 0 atom stereocenters. The van der Waals surface area contributed by atoms with Crippen molar-refractivity contribution in [2.75, 3.05) is 13.2 Å². The van der Waals surface area contributed by atoms with E-state index in [-0.39, 0.29) is 12.5 Å². The fourth-order valence-electron chi connectivity index (χ4n) is 3.19. The van der Waals surface area contributed by atoms with E-state index in [0.29, 0.717) is 30.2 Å². The van der Waals surface area contributed by atoms with E-state index in [1.165, 1.54) is 0 Å². The van der Waals surface area contributed by atoms with Crippen LogP contribution in [0, 0.1) is 4.77 Å². The molecule has 30 heavy (non-hydrogen) atoms. The molecule has 154 valence electrons. The molecule has 0 unspecified atom stereocenters. The quantitative estimate of drug-likeness (QED) is 0.426. The summed E-state index contributed by atoms with van der Waals surface area (Å²) in [6.07, 6.45) is 4.57. The minimum Gasteiger partial charge on any atom is -0.494 e. The van der Waals surface area contributed by atoms with Crippen molar-refractivity contribution in [1.82, 2.24) is 29.5 Å². The van der Waals surface area contributed by atoms with Crippen LogP contribution in [0.15, 0.2) is 54.9 Å². The van der Waals surface area contributed by atoms with E-state index in [1.807, 2.05) is 66.2 Å². The second-order valence-corrected chi connectivity index (χ2v) is 7.08. The Bertz CT molecular complexity index is 1180. The van der Waals surface area contributed by atoms with Crippen LogP contribution in [0.1, 0.15) is 12.6 Å². The first kappa shape index (κ1) is 19.8. The Morgan fingerprint density at radius 3 is 2.83 bits per heavy atom. The number of aromatic nitrogens is 5. The standard InChI is InChI=1S/C21H22N6O2S/c1-2-29-17-8-6-15(7-9-17)20-24-25-21(30)27(20)14-19(28)22-11-10-16-13-26-12-4-3-5-18(26)23-16/h3-9,12-13H,2,10-11,14H2,1H3,(H,22,28)(H,25,30). The molecule has 2 N–H and O–H groups in total. The first-order chi connectivity index (χ1) is 14.6. The van der Waals surface area contributed by atoms with E-state index < -0.39 is 0 Å². The van der Waals surface area contributed by atoms with Gasteiger partial charge in [-0.3, -0.25) is 14.5 Å². The van der Waals surface area contributed by atoms with Crippen LogP contribution in [0.25, 0.3) is 17.0 Å². The summed E-state index contributed by atoms with van der Waals surface area (Å²) < 4.78 is 9.52. The highest BCUT2D eigenvalue weighted by Gasteiger charge is 2.13. The number of aromatic amines is 1. The lowest BCUT2D eigenvalue weighted by molar-refractivity contribution is -0.121. The van der Waals surface area contributed by atoms with Crippen molar-refractivity contribution in [3.63, 3.8) is 0 Å². The molecule has 0 fully saturated rings. The summed E-state index contributed by atoms with van der Waals surface area (Å²) >= 11 is 5.31. The SMILES string of the molecule is CCOc1ccc(-c2n[nH]c(=S)n2CC(=O)NCCc2cn3ccccc3n2)cc1. The maximum atomic E-state index is 12.5. The van der Waals surface area contributed by atoms with E-state index >= 15 is 0 Å². The maximum absolute atomic E-state index is 12.5. The molecule has 0 radical (unpaired) electrons. The number of benzene rings is 1. The van der Waals surface area contributed by atoms with Gasteiger partial charge in [0.05, 0.1) is 12.3 Å². The third kappa shape index (κ3) is 4.41. The molecule has 1 amide bonds. The highest BCUT2D eigenvalue weighted by molar-refractivity contribution is 7.71. The summed E-state index contributed by atoms with van der Waals surface area (Å²) in [6, 6.07) is 13.4. The van der Waals surface area contributed by atoms with Crippen molar-refractivity contribution in [2.24, 2.45) is 0 Å². The lowest BCUT2D eigenvalue weighted by Gasteiger charge is -2.09. The number of hydrogen-bond acceptors (Lipinski definition) is 5. The number of nitrogens with zero attached hydrogens (tertiary/aromatic N) is 4. The molecule has 4 rings (SSSR count). The monoisotopic (exact) mass is 422 g/mol. The lowest BCUT2D eigenvalue weighted by Crippen LogP contribution is -2.29. The molecule has 8 nitrogen and oxygen atoms in total. The van der Waals surface area contributed by atoms with Gasteiger partial charge < -0.3 is 14.5 Å². The topological polar surface area (TPSA) is 89.2 Å². The van der Waals surface area contributed by atoms with Crippen LogP contribution >= 0.6 is 12.2 Å². The van der Waals surface area contributed by atoms with Crippen LogP contribution in [0.3, 0.4) is 0 Å². The molecule has 0 saturated heterocycles. The van der Waals surface area contributed by atoms with Gasteiger partial charge in [0.2, 0.25) is 5.91 Å². The van der Waals surface area contributed by atoms with Crippen LogP contribution < -0.4 is 10.1 Å². The van der Waals surface area contributed by atoms with Crippen LogP contribution in [0.2, 0.25) is 0 Å². The van der Waals surface area contributed by atoms with Crippen molar-refractivity contribution < 1.29 is 9.53 Å². The summed E-state index contributed by atoms with van der Waals surface area (Å²) in [5, 5.41) is 9.98. The Hall–Kier alpha value is -3.46. The molecular formula is C21H22N6O2S. The van der Waals surface area contributed by atoms with E-state index in [9.17, 15) is 4.79 Å². The highest BCUT2D eigenvalue weighted by atomic mass is 32.1. The largest absolute Gasteiger partial charge is 0.494 e. The Labute approximate surface area is 178 Å². The molecule has 0 aliphatic carbocycles. The number of rotatable bonds is 8. The molecule has 0 saturated carbocycles. The number of pyridine rings is 1. The molecule has 9 heteroatoms. The van der Waals surface area contributed by atoms with Crippen molar-refractivity contribution >= 4 is 23.8 Å². The number of fused-ring (bicyclic) bond motifs is 1. The second-order valence-electron chi connectivity index (χ2n) is 6.69. The third-order valence-corrected chi connectivity index (χ3v) is 4.91. The van der Waals surface area contributed by atoms with Crippen molar-refractivity contribution in [2.45, 2.75) is 19.9 Å². The van der Waals surface area contributed by atoms with Crippen LogP contribution in [-0.4, -0.2) is 43.2 Å². The van der Waals surface area contributed by atoms with Gasteiger partial charge in [-0.1, -0.05) is 6.07 Å². The van der Waals surface area contributed by atoms with Gasteiger partial charge in [-0.25, -0.2) is 4.98 Å². The summed E-state index contributed by atoms with van der Waals surface area (Å²) in [6.45, 7) is 3.12. The Balaban J connectivity index is 1.38. The van der Waals surface area contributed by atoms with E-state index in [1.54, 1.807) is 4.57 Å². The van der Waals surface area contributed by atoms with E-state index in [0.717, 1.165) is 22.7 Å². The molecule has 3 aromatic heterocycles. The van der Waals surface area contributed by atoms with Crippen LogP contribution in [-0.2, 0) is 17.8 Å². The van der Waals surface area contributed by atoms with Crippen molar-refractivity contribution in [1.29, 1.82) is 0 Å². The fourth-order valence-corrected chi connectivity index (χ4v) is 3.39. The average Bonchev–Trinajstić information content (AvgIpc) is 3.32. The predicted molar refractivity (Wildman–Crippen MR) is 116 cm³/mol. The summed E-state index contributed by atoms with van der Waals surface area (Å²) in [5.41, 5.74) is 2.67. The number of carbonyl (C=O) groups excluding carboxylic acids is 1. The number of ether oxygens (including phenoxy) is 1. The van der Waals surface area contributed by atoms with Gasteiger partial charge in [-0.05, 0) is 55.5 Å². The van der Waals surface area contributed by atoms with Crippen LogP contribution in [0.4, 0.5) is 0 Å². The molecular weight excluding hydrogens is 400 g/mol. The molecule has 4 aromatic rings. The lowest BCUT2D eigenvalue weighted by atomic mass is 10.2.